The zero-order chi connectivity index (χ0) is 12.9. The average molecular weight is 239 g/mol. The highest BCUT2D eigenvalue weighted by Gasteiger charge is 2.48. The molecule has 5 atom stereocenters. The largest absolute Gasteiger partial charge is 0.387 e. The summed E-state index contributed by atoms with van der Waals surface area (Å²) in [5, 5.41) is 46.7. The third-order valence-corrected chi connectivity index (χ3v) is 1.75. The summed E-state index contributed by atoms with van der Waals surface area (Å²) in [4.78, 5) is 12.0. The molecule has 0 rings (SSSR count). The number of halogens is 1. The minimum atomic E-state index is -3.91. The van der Waals surface area contributed by atoms with E-state index in [0.29, 0.717) is 0 Å². The van der Waals surface area contributed by atoms with Gasteiger partial charge in [-0.25, -0.2) is 4.39 Å². The van der Waals surface area contributed by atoms with Crippen molar-refractivity contribution in [2.75, 3.05) is 0 Å². The van der Waals surface area contributed by atoms with Crippen LogP contribution in [0.5, 0.6) is 0 Å². The summed E-state index contributed by atoms with van der Waals surface area (Å²) in [6.07, 6.45) is -10.2. The fourth-order valence-corrected chi connectivity index (χ4v) is 0.789. The Kier molecular flexibility index (Phi) is 5.24. The first-order valence-corrected chi connectivity index (χ1v) is 3.92. The Morgan fingerprint density at radius 1 is 1.38 bits per heavy atom. The molecule has 0 aromatic rings. The Hall–Kier alpha value is -1.29. The van der Waals surface area contributed by atoms with Crippen molar-refractivity contribution in [2.45, 2.75) is 30.4 Å². The number of aliphatic hydroxyl groups is 5. The summed E-state index contributed by atoms with van der Waals surface area (Å²) in [6.45, 7) is 0. The van der Waals surface area contributed by atoms with Crippen molar-refractivity contribution in [2.24, 2.45) is 5.11 Å². The van der Waals surface area contributed by atoms with Gasteiger partial charge in [0.05, 0.1) is 0 Å². The minimum absolute atomic E-state index is 0.218. The van der Waals surface area contributed by atoms with Gasteiger partial charge in [-0.3, -0.25) is 0 Å². The predicted molar refractivity (Wildman–Crippen MR) is 45.3 cm³/mol. The van der Waals surface area contributed by atoms with Crippen molar-refractivity contribution in [1.29, 1.82) is 0 Å². The van der Waals surface area contributed by atoms with Gasteiger partial charge in [0.15, 0.2) is 12.5 Å². The molecule has 0 fully saturated rings. The van der Waals surface area contributed by atoms with Crippen LogP contribution < -0.4 is 0 Å². The highest BCUT2D eigenvalue weighted by Crippen LogP contribution is 2.22. The third-order valence-electron chi connectivity index (χ3n) is 1.75. The summed E-state index contributed by atoms with van der Waals surface area (Å²) in [7, 11) is 0. The quantitative estimate of drug-likeness (QED) is 0.149. The number of hydrogen-bond acceptors (Lipinski definition) is 7. The van der Waals surface area contributed by atoms with Crippen LogP contribution in [0.15, 0.2) is 5.11 Å². The number of nitrogens with zero attached hydrogens (tertiary/aromatic N) is 3. The number of carbonyl (C=O) groups excluding carboxylic acids is 1. The maximum absolute atomic E-state index is 13.2. The zero-order valence-corrected chi connectivity index (χ0v) is 7.75. The molecule has 0 amide bonds. The third kappa shape index (κ3) is 3.10. The monoisotopic (exact) mass is 239 g/mol. The second kappa shape index (κ2) is 5.70. The van der Waals surface area contributed by atoms with Crippen LogP contribution in [0.25, 0.3) is 10.4 Å². The van der Waals surface area contributed by atoms with Crippen molar-refractivity contribution >= 4 is 6.29 Å². The van der Waals surface area contributed by atoms with Gasteiger partial charge < -0.3 is 30.3 Å². The Balaban J connectivity index is 4.86. The van der Waals surface area contributed by atoms with E-state index < -0.39 is 30.4 Å². The molecule has 92 valence electrons. The van der Waals surface area contributed by atoms with Gasteiger partial charge in [0.1, 0.15) is 18.3 Å². The van der Waals surface area contributed by atoms with Gasteiger partial charge in [0.2, 0.25) is 0 Å². The number of alkyl halides is 1. The van der Waals surface area contributed by atoms with Crippen LogP contribution in [0, 0.1) is 0 Å². The molecule has 0 bridgehead atoms. The first kappa shape index (κ1) is 14.7. The van der Waals surface area contributed by atoms with E-state index in [-0.39, 0.29) is 6.29 Å². The number of hydrogen-bond donors (Lipinski definition) is 5. The number of carbonyl (C=O) groups is 1. The molecule has 0 heterocycles. The molecule has 0 saturated carbocycles. The van der Waals surface area contributed by atoms with Gasteiger partial charge in [0, 0.05) is 4.91 Å². The predicted octanol–water partition coefficient (Wildman–Crippen LogP) is -2.45. The van der Waals surface area contributed by atoms with Crippen LogP contribution in [0.1, 0.15) is 0 Å². The van der Waals surface area contributed by atoms with Gasteiger partial charge >= 0.3 is 0 Å². The van der Waals surface area contributed by atoms with Crippen molar-refractivity contribution in [3.05, 3.63) is 10.4 Å². The van der Waals surface area contributed by atoms with Crippen LogP contribution in [-0.4, -0.2) is 62.2 Å². The molecular weight excluding hydrogens is 229 g/mol. The molecule has 0 aliphatic carbocycles. The van der Waals surface area contributed by atoms with Gasteiger partial charge in [-0.05, 0) is 5.53 Å². The van der Waals surface area contributed by atoms with Crippen LogP contribution >= 0.6 is 0 Å². The van der Waals surface area contributed by atoms with Crippen LogP contribution in [0.2, 0.25) is 0 Å². The fourth-order valence-electron chi connectivity index (χ4n) is 0.789. The first-order chi connectivity index (χ1) is 7.28. The van der Waals surface area contributed by atoms with Gasteiger partial charge in [-0.15, -0.1) is 0 Å². The smallest absolute Gasteiger partial charge is 0.267 e. The maximum Gasteiger partial charge on any atom is 0.267 e. The molecule has 0 unspecified atom stereocenters. The zero-order valence-electron chi connectivity index (χ0n) is 7.75. The lowest BCUT2D eigenvalue weighted by molar-refractivity contribution is -0.253. The second-order valence-electron chi connectivity index (χ2n) is 2.87. The normalized spacial score (nSPS) is 22.1. The molecule has 0 saturated heterocycles. The molecule has 9 nitrogen and oxygen atoms in total. The molecule has 0 spiro atoms. The number of rotatable bonds is 6. The van der Waals surface area contributed by atoms with Crippen LogP contribution in [0.4, 0.5) is 4.39 Å². The van der Waals surface area contributed by atoms with E-state index in [4.69, 9.17) is 31.1 Å². The molecule has 0 aromatic carbocycles. The van der Waals surface area contributed by atoms with E-state index in [1.165, 1.54) is 0 Å². The lowest BCUT2D eigenvalue weighted by atomic mass is 10.0. The minimum Gasteiger partial charge on any atom is -0.387 e. The Bertz CT molecular complexity index is 294. The highest BCUT2D eigenvalue weighted by atomic mass is 19.2. The number of azide groups is 1. The Morgan fingerprint density at radius 3 is 2.25 bits per heavy atom. The maximum atomic E-state index is 13.2. The van der Waals surface area contributed by atoms with E-state index in [2.05, 4.69) is 5.11 Å². The highest BCUT2D eigenvalue weighted by molar-refractivity contribution is 5.56. The lowest BCUT2D eigenvalue weighted by Crippen LogP contribution is -2.56. The first-order valence-electron chi connectivity index (χ1n) is 3.92. The van der Waals surface area contributed by atoms with Crippen molar-refractivity contribution in [3.8, 4) is 0 Å². The summed E-state index contributed by atoms with van der Waals surface area (Å²) in [5.41, 5.74) is 7.85. The fraction of sp³-hybridized carbons (Fsp3) is 0.833. The Labute approximate surface area is 88.0 Å². The van der Waals surface area contributed by atoms with Crippen molar-refractivity contribution in [3.63, 3.8) is 0 Å². The number of aldehydes is 1. The SMILES string of the molecule is [N-]=[N+]=N[C@@H](O)[C@](O)(F)[C@@H](O)[C@H](O)[C@@H](O)C=O. The molecule has 5 N–H and O–H groups in total. The molecular formula is C6H10FN3O6. The lowest BCUT2D eigenvalue weighted by Gasteiger charge is -2.30. The molecule has 0 aromatic heterocycles. The van der Waals surface area contributed by atoms with Gasteiger partial charge in [0.25, 0.3) is 5.85 Å². The van der Waals surface area contributed by atoms with E-state index in [0.717, 1.165) is 0 Å². The molecule has 0 radical (unpaired) electrons. The Morgan fingerprint density at radius 2 is 1.88 bits per heavy atom. The summed E-state index contributed by atoms with van der Waals surface area (Å²) < 4.78 is 13.2. The molecule has 16 heavy (non-hydrogen) atoms. The topological polar surface area (TPSA) is 167 Å². The van der Waals surface area contributed by atoms with E-state index in [1.807, 2.05) is 4.91 Å². The molecule has 10 heteroatoms. The van der Waals surface area contributed by atoms with Gasteiger partial charge in [-0.2, -0.15) is 0 Å². The van der Waals surface area contributed by atoms with Crippen LogP contribution in [0.3, 0.4) is 0 Å². The number of aliphatic hydroxyl groups excluding tert-OH is 4. The molecule has 0 aliphatic heterocycles. The van der Waals surface area contributed by atoms with E-state index in [1.54, 1.807) is 0 Å². The summed E-state index contributed by atoms with van der Waals surface area (Å²) in [6, 6.07) is 0. The van der Waals surface area contributed by atoms with Crippen molar-refractivity contribution < 1.29 is 34.7 Å². The van der Waals surface area contributed by atoms with Gasteiger partial charge in [-0.1, -0.05) is 5.11 Å². The van der Waals surface area contributed by atoms with E-state index in [9.17, 15) is 9.18 Å². The standard InChI is InChI=1S/C6H10FN3O6/c7-6(16,5(15)9-10-8)4(14)3(13)2(12)1-11/h1-5,12-16H/t2-,3+,4-,5-,6-/m0/s1. The van der Waals surface area contributed by atoms with Crippen molar-refractivity contribution in [1.82, 2.24) is 0 Å². The second-order valence-corrected chi connectivity index (χ2v) is 2.87. The van der Waals surface area contributed by atoms with E-state index >= 15 is 0 Å². The summed E-state index contributed by atoms with van der Waals surface area (Å²) >= 11 is 0. The molecule has 0 aliphatic rings. The summed E-state index contributed by atoms with van der Waals surface area (Å²) in [5.74, 6) is -3.91. The van der Waals surface area contributed by atoms with Crippen LogP contribution in [-0.2, 0) is 4.79 Å². The average Bonchev–Trinajstić information content (AvgIpc) is 2.26.